The molecule has 1 aromatic rings. The van der Waals surface area contributed by atoms with Crippen molar-refractivity contribution in [3.63, 3.8) is 0 Å². The Bertz CT molecular complexity index is 359. The summed E-state index contributed by atoms with van der Waals surface area (Å²) in [5.74, 6) is 5.90. The standard InChI is InChI=1S/C8H11N5/c9-5-6-7-3-1-2-4-13(7)8(11-6)12-10/h1-4,10H2,(H,11,12). The molecule has 0 atom stereocenters. The van der Waals surface area contributed by atoms with E-state index in [1.54, 1.807) is 0 Å². The normalized spacial score (nSPS) is 14.8. The molecule has 0 amide bonds. The van der Waals surface area contributed by atoms with Crippen molar-refractivity contribution in [1.82, 2.24) is 9.55 Å². The number of nitrogens with zero attached hydrogens (tertiary/aromatic N) is 3. The fourth-order valence-corrected chi connectivity index (χ4v) is 1.74. The summed E-state index contributed by atoms with van der Waals surface area (Å²) in [5, 5.41) is 8.81. The molecular formula is C8H11N5. The minimum atomic E-state index is 0.507. The summed E-state index contributed by atoms with van der Waals surface area (Å²) in [6, 6.07) is 2.08. The first-order valence-corrected chi connectivity index (χ1v) is 4.33. The first-order chi connectivity index (χ1) is 6.36. The van der Waals surface area contributed by atoms with Crippen molar-refractivity contribution in [2.24, 2.45) is 5.84 Å². The van der Waals surface area contributed by atoms with Gasteiger partial charge in [0.15, 0.2) is 5.69 Å². The lowest BCUT2D eigenvalue weighted by atomic mass is 10.1. The van der Waals surface area contributed by atoms with Crippen LogP contribution in [0, 0.1) is 11.3 Å². The van der Waals surface area contributed by atoms with Crippen LogP contribution in [0.2, 0.25) is 0 Å². The number of nitrogens with one attached hydrogen (secondary N) is 1. The first kappa shape index (κ1) is 8.08. The second kappa shape index (κ2) is 3.07. The highest BCUT2D eigenvalue weighted by Crippen LogP contribution is 2.22. The summed E-state index contributed by atoms with van der Waals surface area (Å²) in [5.41, 5.74) is 4.03. The number of fused-ring (bicyclic) bond motifs is 1. The van der Waals surface area contributed by atoms with Crippen LogP contribution in [0.5, 0.6) is 0 Å². The molecule has 0 saturated carbocycles. The van der Waals surface area contributed by atoms with Crippen LogP contribution < -0.4 is 11.3 Å². The number of nitrogen functional groups attached to an aromatic ring is 1. The van der Waals surface area contributed by atoms with Gasteiger partial charge in [-0.2, -0.15) is 5.26 Å². The van der Waals surface area contributed by atoms with Gasteiger partial charge in [-0.1, -0.05) is 0 Å². The van der Waals surface area contributed by atoms with E-state index in [1.807, 2.05) is 4.57 Å². The highest BCUT2D eigenvalue weighted by atomic mass is 15.3. The summed E-state index contributed by atoms with van der Waals surface area (Å²) in [6.07, 6.45) is 3.19. The van der Waals surface area contributed by atoms with Gasteiger partial charge in [-0.05, 0) is 19.3 Å². The molecule has 2 rings (SSSR count). The van der Waals surface area contributed by atoms with Gasteiger partial charge >= 0.3 is 0 Å². The van der Waals surface area contributed by atoms with Crippen molar-refractivity contribution in [3.05, 3.63) is 11.4 Å². The molecule has 1 aromatic heterocycles. The third-order valence-corrected chi connectivity index (χ3v) is 2.35. The predicted octanol–water partition coefficient (Wildman–Crippen LogP) is 0.377. The van der Waals surface area contributed by atoms with Gasteiger partial charge in [0.05, 0.1) is 5.69 Å². The Labute approximate surface area is 76.1 Å². The summed E-state index contributed by atoms with van der Waals surface area (Å²) in [4.78, 5) is 4.09. The lowest BCUT2D eigenvalue weighted by Crippen LogP contribution is -2.17. The summed E-state index contributed by atoms with van der Waals surface area (Å²) < 4.78 is 1.99. The number of hydrazine groups is 1. The van der Waals surface area contributed by atoms with Crippen LogP contribution in [0.25, 0.3) is 0 Å². The Hall–Kier alpha value is -1.54. The van der Waals surface area contributed by atoms with Crippen molar-refractivity contribution in [2.45, 2.75) is 25.8 Å². The Morgan fingerprint density at radius 1 is 1.54 bits per heavy atom. The number of anilines is 1. The Balaban J connectivity index is 2.52. The van der Waals surface area contributed by atoms with Gasteiger partial charge in [0.2, 0.25) is 5.95 Å². The van der Waals surface area contributed by atoms with Crippen molar-refractivity contribution in [3.8, 4) is 6.07 Å². The molecule has 5 nitrogen and oxygen atoms in total. The molecule has 0 fully saturated rings. The lowest BCUT2D eigenvalue weighted by Gasteiger charge is -2.15. The Morgan fingerprint density at radius 3 is 3.08 bits per heavy atom. The predicted molar refractivity (Wildman–Crippen MR) is 47.7 cm³/mol. The minimum Gasteiger partial charge on any atom is -0.312 e. The number of imidazole rings is 1. The average Bonchev–Trinajstić information content (AvgIpc) is 2.56. The third-order valence-electron chi connectivity index (χ3n) is 2.35. The van der Waals surface area contributed by atoms with Gasteiger partial charge in [-0.15, -0.1) is 0 Å². The van der Waals surface area contributed by atoms with Crippen LogP contribution >= 0.6 is 0 Å². The molecule has 0 radical (unpaired) electrons. The monoisotopic (exact) mass is 177 g/mol. The topological polar surface area (TPSA) is 79.7 Å². The Kier molecular flexibility index (Phi) is 1.91. The fourth-order valence-electron chi connectivity index (χ4n) is 1.74. The molecular weight excluding hydrogens is 166 g/mol. The van der Waals surface area contributed by atoms with Crippen LogP contribution in [0.4, 0.5) is 5.95 Å². The zero-order valence-electron chi connectivity index (χ0n) is 7.25. The van der Waals surface area contributed by atoms with Gasteiger partial charge in [-0.3, -0.25) is 5.43 Å². The van der Waals surface area contributed by atoms with Crippen molar-refractivity contribution in [2.75, 3.05) is 5.43 Å². The second-order valence-electron chi connectivity index (χ2n) is 3.10. The molecule has 0 unspecified atom stereocenters. The average molecular weight is 177 g/mol. The SMILES string of the molecule is N#Cc1nc(NN)n2c1CCCC2. The van der Waals surface area contributed by atoms with E-state index < -0.39 is 0 Å². The number of hydrogen-bond donors (Lipinski definition) is 2. The minimum absolute atomic E-state index is 0.507. The van der Waals surface area contributed by atoms with E-state index in [9.17, 15) is 0 Å². The summed E-state index contributed by atoms with van der Waals surface area (Å²) >= 11 is 0. The van der Waals surface area contributed by atoms with Crippen molar-refractivity contribution >= 4 is 5.95 Å². The molecule has 0 bridgehead atoms. The van der Waals surface area contributed by atoms with Crippen LogP contribution in [0.3, 0.4) is 0 Å². The fraction of sp³-hybridized carbons (Fsp3) is 0.500. The number of nitriles is 1. The van der Waals surface area contributed by atoms with Gasteiger partial charge in [-0.25, -0.2) is 10.8 Å². The summed E-state index contributed by atoms with van der Waals surface area (Å²) in [7, 11) is 0. The van der Waals surface area contributed by atoms with E-state index in [4.69, 9.17) is 11.1 Å². The molecule has 1 aliphatic rings. The van der Waals surface area contributed by atoms with Gasteiger partial charge in [0.25, 0.3) is 0 Å². The number of nitrogens with two attached hydrogens (primary N) is 1. The molecule has 0 aliphatic carbocycles. The maximum atomic E-state index is 8.81. The largest absolute Gasteiger partial charge is 0.312 e. The molecule has 5 heteroatoms. The first-order valence-electron chi connectivity index (χ1n) is 4.33. The number of hydrogen-bond acceptors (Lipinski definition) is 4. The molecule has 0 spiro atoms. The molecule has 2 heterocycles. The highest BCUT2D eigenvalue weighted by Gasteiger charge is 2.18. The van der Waals surface area contributed by atoms with E-state index in [-0.39, 0.29) is 0 Å². The molecule has 1 aliphatic heterocycles. The lowest BCUT2D eigenvalue weighted by molar-refractivity contribution is 0.535. The quantitative estimate of drug-likeness (QED) is 0.480. The smallest absolute Gasteiger partial charge is 0.218 e. The second-order valence-corrected chi connectivity index (χ2v) is 3.10. The Morgan fingerprint density at radius 2 is 2.38 bits per heavy atom. The molecule has 3 N–H and O–H groups in total. The van der Waals surface area contributed by atoms with Crippen LogP contribution in [-0.2, 0) is 13.0 Å². The number of rotatable bonds is 1. The highest BCUT2D eigenvalue weighted by molar-refractivity contribution is 5.39. The molecule has 0 saturated heterocycles. The third kappa shape index (κ3) is 1.15. The van der Waals surface area contributed by atoms with Crippen LogP contribution in [0.15, 0.2) is 0 Å². The van der Waals surface area contributed by atoms with Crippen molar-refractivity contribution < 1.29 is 0 Å². The van der Waals surface area contributed by atoms with Crippen LogP contribution in [0.1, 0.15) is 24.2 Å². The maximum Gasteiger partial charge on any atom is 0.218 e. The zero-order chi connectivity index (χ0) is 9.26. The van der Waals surface area contributed by atoms with Gasteiger partial charge < -0.3 is 4.57 Å². The number of aromatic nitrogens is 2. The van der Waals surface area contributed by atoms with E-state index in [0.29, 0.717) is 11.6 Å². The van der Waals surface area contributed by atoms with Gasteiger partial charge in [0, 0.05) is 6.54 Å². The van der Waals surface area contributed by atoms with E-state index in [2.05, 4.69) is 16.5 Å². The zero-order valence-corrected chi connectivity index (χ0v) is 7.25. The molecule has 0 aromatic carbocycles. The van der Waals surface area contributed by atoms with E-state index >= 15 is 0 Å². The molecule has 68 valence electrons. The van der Waals surface area contributed by atoms with E-state index in [1.165, 1.54) is 0 Å². The van der Waals surface area contributed by atoms with Gasteiger partial charge in [0.1, 0.15) is 6.07 Å². The van der Waals surface area contributed by atoms with Crippen molar-refractivity contribution in [1.29, 1.82) is 5.26 Å². The molecule has 13 heavy (non-hydrogen) atoms. The van der Waals surface area contributed by atoms with E-state index in [0.717, 1.165) is 31.5 Å². The maximum absolute atomic E-state index is 8.81. The van der Waals surface area contributed by atoms with Crippen LogP contribution in [-0.4, -0.2) is 9.55 Å². The summed E-state index contributed by atoms with van der Waals surface area (Å²) in [6.45, 7) is 0.906.